The molecular weight excluding hydrogens is 558 g/mol. The molecule has 3 aromatic rings. The molecule has 0 saturated carbocycles. The van der Waals surface area contributed by atoms with Gasteiger partial charge in [0.1, 0.15) is 17.2 Å². The topological polar surface area (TPSA) is 140 Å². The van der Waals surface area contributed by atoms with Crippen molar-refractivity contribution < 1.29 is 35.8 Å². The number of methoxy groups -OCH3 is 3. The molecule has 0 radical (unpaired) electrons. The van der Waals surface area contributed by atoms with E-state index in [0.29, 0.717) is 24.5 Å². The Kier molecular flexibility index (Phi) is 8.86. The first-order valence-corrected chi connectivity index (χ1v) is 15.4. The van der Waals surface area contributed by atoms with Crippen LogP contribution in [0.25, 0.3) is 0 Å². The van der Waals surface area contributed by atoms with Crippen LogP contribution in [0.2, 0.25) is 0 Å². The summed E-state index contributed by atoms with van der Waals surface area (Å²) < 4.78 is 71.8. The largest absolute Gasteiger partial charge is 0.497 e. The maximum Gasteiger partial charge on any atom is 0.262 e. The summed E-state index contributed by atoms with van der Waals surface area (Å²) in [5.74, 6) is 0.382. The summed E-state index contributed by atoms with van der Waals surface area (Å²) in [5, 5.41) is 2.67. The Morgan fingerprint density at radius 2 is 1.40 bits per heavy atom. The highest BCUT2D eigenvalue weighted by atomic mass is 32.2. The summed E-state index contributed by atoms with van der Waals surface area (Å²) in [6.07, 6.45) is 2.56. The lowest BCUT2D eigenvalue weighted by Gasteiger charge is -2.26. The van der Waals surface area contributed by atoms with Crippen molar-refractivity contribution in [1.29, 1.82) is 0 Å². The van der Waals surface area contributed by atoms with E-state index in [1.165, 1.54) is 74.2 Å². The molecule has 3 aromatic carbocycles. The van der Waals surface area contributed by atoms with E-state index in [0.717, 1.165) is 19.3 Å². The molecule has 13 heteroatoms. The summed E-state index contributed by atoms with van der Waals surface area (Å²) in [5.41, 5.74) is 0.565. The molecule has 0 aromatic heterocycles. The maximum atomic E-state index is 13.1. The van der Waals surface area contributed by atoms with E-state index in [2.05, 4.69) is 10.0 Å². The molecule has 0 spiro atoms. The molecule has 2 N–H and O–H groups in total. The first-order chi connectivity index (χ1) is 19.1. The molecule has 11 nitrogen and oxygen atoms in total. The van der Waals surface area contributed by atoms with E-state index in [4.69, 9.17) is 14.2 Å². The number of anilines is 2. The molecule has 1 aliphatic heterocycles. The molecule has 1 saturated heterocycles. The highest BCUT2D eigenvalue weighted by molar-refractivity contribution is 7.92. The second-order valence-electron chi connectivity index (χ2n) is 8.98. The van der Waals surface area contributed by atoms with Crippen molar-refractivity contribution in [2.75, 3.05) is 44.5 Å². The van der Waals surface area contributed by atoms with Gasteiger partial charge in [0, 0.05) is 24.8 Å². The molecule has 0 aliphatic carbocycles. The van der Waals surface area contributed by atoms with Gasteiger partial charge in [-0.05, 0) is 67.4 Å². The zero-order chi connectivity index (χ0) is 28.9. The lowest BCUT2D eigenvalue weighted by molar-refractivity contribution is 0.102. The van der Waals surface area contributed by atoms with Gasteiger partial charge < -0.3 is 19.5 Å². The van der Waals surface area contributed by atoms with Crippen LogP contribution in [0, 0.1) is 0 Å². The van der Waals surface area contributed by atoms with Crippen LogP contribution in [0.3, 0.4) is 0 Å². The fraction of sp³-hybridized carbons (Fsp3) is 0.296. The quantitative estimate of drug-likeness (QED) is 0.362. The Labute approximate surface area is 234 Å². The Bertz CT molecular complexity index is 1580. The Morgan fingerprint density at radius 3 is 2.02 bits per heavy atom. The van der Waals surface area contributed by atoms with Crippen molar-refractivity contribution in [2.24, 2.45) is 0 Å². The van der Waals surface area contributed by atoms with Crippen LogP contribution in [0.1, 0.15) is 29.6 Å². The van der Waals surface area contributed by atoms with Gasteiger partial charge in [-0.2, -0.15) is 4.31 Å². The molecule has 1 fully saturated rings. The number of carbonyl (C=O) groups excluding carboxylic acids is 1. The number of nitrogens with zero attached hydrogens (tertiary/aromatic N) is 1. The number of rotatable bonds is 10. The Hall–Kier alpha value is -3.81. The van der Waals surface area contributed by atoms with Crippen LogP contribution in [-0.4, -0.2) is 61.5 Å². The summed E-state index contributed by atoms with van der Waals surface area (Å²) in [4.78, 5) is 13.1. The first-order valence-electron chi connectivity index (χ1n) is 12.4. The lowest BCUT2D eigenvalue weighted by atomic mass is 10.2. The lowest BCUT2D eigenvalue weighted by Crippen LogP contribution is -2.35. The van der Waals surface area contributed by atoms with Crippen molar-refractivity contribution >= 4 is 37.3 Å². The summed E-state index contributed by atoms with van der Waals surface area (Å²) in [6.45, 7) is 0.872. The molecule has 214 valence electrons. The second-order valence-corrected chi connectivity index (χ2v) is 12.6. The number of ether oxygens (including phenoxy) is 3. The minimum absolute atomic E-state index is 0.00169. The monoisotopic (exact) mass is 589 g/mol. The van der Waals surface area contributed by atoms with Gasteiger partial charge in [0.25, 0.3) is 15.9 Å². The third-order valence-electron chi connectivity index (χ3n) is 6.44. The van der Waals surface area contributed by atoms with E-state index < -0.39 is 26.0 Å². The van der Waals surface area contributed by atoms with Gasteiger partial charge in [0.15, 0.2) is 0 Å². The minimum Gasteiger partial charge on any atom is -0.497 e. The molecule has 0 unspecified atom stereocenters. The van der Waals surface area contributed by atoms with Crippen LogP contribution < -0.4 is 24.2 Å². The molecule has 40 heavy (non-hydrogen) atoms. The first kappa shape index (κ1) is 29.2. The van der Waals surface area contributed by atoms with E-state index in [9.17, 15) is 21.6 Å². The van der Waals surface area contributed by atoms with Crippen LogP contribution in [0.5, 0.6) is 17.2 Å². The van der Waals surface area contributed by atoms with Crippen molar-refractivity contribution in [3.05, 3.63) is 66.2 Å². The van der Waals surface area contributed by atoms with Crippen molar-refractivity contribution in [1.82, 2.24) is 4.31 Å². The normalized spacial score (nSPS) is 14.3. The van der Waals surface area contributed by atoms with Gasteiger partial charge in [-0.15, -0.1) is 0 Å². The Balaban J connectivity index is 1.52. The number of hydrogen-bond acceptors (Lipinski definition) is 8. The highest BCUT2D eigenvalue weighted by Crippen LogP contribution is 2.31. The Morgan fingerprint density at radius 1 is 0.750 bits per heavy atom. The van der Waals surface area contributed by atoms with Gasteiger partial charge in [-0.3, -0.25) is 9.52 Å². The third-order valence-corrected chi connectivity index (χ3v) is 9.72. The number of sulfonamides is 2. The van der Waals surface area contributed by atoms with Gasteiger partial charge in [-0.25, -0.2) is 16.8 Å². The molecule has 0 atom stereocenters. The van der Waals surface area contributed by atoms with Crippen LogP contribution >= 0.6 is 0 Å². The van der Waals surface area contributed by atoms with E-state index in [1.54, 1.807) is 12.1 Å². The average Bonchev–Trinajstić information content (AvgIpc) is 2.97. The molecule has 1 aliphatic rings. The van der Waals surface area contributed by atoms with Crippen LogP contribution in [0.4, 0.5) is 11.4 Å². The summed E-state index contributed by atoms with van der Waals surface area (Å²) in [6, 6.07) is 14.4. The molecule has 1 heterocycles. The molecule has 4 rings (SSSR count). The van der Waals surface area contributed by atoms with Gasteiger partial charge in [-0.1, -0.05) is 6.42 Å². The number of hydrogen-bond donors (Lipinski definition) is 2. The number of carbonyl (C=O) groups is 1. The standard InChI is InChI=1S/C27H31N3O8S2/c1-36-20-9-13-24(26(17-20)38-3)29-39(32,33)21-10-7-19(8-11-21)28-27(31)23-18-22(12-14-25(23)37-2)40(34,35)30-15-5-4-6-16-30/h7-14,17-18,29H,4-6,15-16H2,1-3H3,(H,28,31). The predicted octanol–water partition coefficient (Wildman–Crippen LogP) is 3.94. The average molecular weight is 590 g/mol. The van der Waals surface area contributed by atoms with Gasteiger partial charge >= 0.3 is 0 Å². The summed E-state index contributed by atoms with van der Waals surface area (Å²) >= 11 is 0. The maximum absolute atomic E-state index is 13.1. The van der Waals surface area contributed by atoms with Gasteiger partial charge in [0.2, 0.25) is 10.0 Å². The number of benzene rings is 3. The van der Waals surface area contributed by atoms with Crippen molar-refractivity contribution in [3.8, 4) is 17.2 Å². The molecular formula is C27H31N3O8S2. The fourth-order valence-corrected chi connectivity index (χ4v) is 6.90. The molecule has 0 bridgehead atoms. The van der Waals surface area contributed by atoms with E-state index in [1.807, 2.05) is 0 Å². The SMILES string of the molecule is COc1ccc(NS(=O)(=O)c2ccc(NC(=O)c3cc(S(=O)(=O)N4CCCCC4)ccc3OC)cc2)c(OC)c1. The number of nitrogens with one attached hydrogen (secondary N) is 2. The third kappa shape index (κ3) is 6.32. The smallest absolute Gasteiger partial charge is 0.262 e. The second kappa shape index (κ2) is 12.1. The van der Waals surface area contributed by atoms with Crippen molar-refractivity contribution in [3.63, 3.8) is 0 Å². The van der Waals surface area contributed by atoms with Crippen molar-refractivity contribution in [2.45, 2.75) is 29.1 Å². The number of amides is 1. The highest BCUT2D eigenvalue weighted by Gasteiger charge is 2.28. The number of piperidine rings is 1. The predicted molar refractivity (Wildman–Crippen MR) is 150 cm³/mol. The summed E-state index contributed by atoms with van der Waals surface area (Å²) in [7, 11) is -3.46. The zero-order valence-corrected chi connectivity index (χ0v) is 24.0. The van der Waals surface area contributed by atoms with E-state index in [-0.39, 0.29) is 32.5 Å². The van der Waals surface area contributed by atoms with E-state index >= 15 is 0 Å². The fourth-order valence-electron chi connectivity index (χ4n) is 4.28. The molecule has 1 amide bonds. The van der Waals surface area contributed by atoms with Gasteiger partial charge in [0.05, 0.1) is 42.4 Å². The van der Waals surface area contributed by atoms with Crippen LogP contribution in [0.15, 0.2) is 70.5 Å². The minimum atomic E-state index is -3.98. The van der Waals surface area contributed by atoms with Crippen LogP contribution in [-0.2, 0) is 20.0 Å². The zero-order valence-electron chi connectivity index (χ0n) is 22.3.